The highest BCUT2D eigenvalue weighted by atomic mass is 16.5. The van der Waals surface area contributed by atoms with Crippen LogP contribution >= 0.6 is 0 Å². The highest BCUT2D eigenvalue weighted by Crippen LogP contribution is 2.30. The van der Waals surface area contributed by atoms with Gasteiger partial charge in [-0.15, -0.1) is 0 Å². The molecule has 34 heavy (non-hydrogen) atoms. The summed E-state index contributed by atoms with van der Waals surface area (Å²) in [5, 5.41) is 5.43. The van der Waals surface area contributed by atoms with Crippen molar-refractivity contribution in [2.75, 3.05) is 44.3 Å². The molecule has 3 aromatic heterocycles. The number of hydrogen-bond acceptors (Lipinski definition) is 8. The Labute approximate surface area is 198 Å². The third-order valence-corrected chi connectivity index (χ3v) is 6.85. The van der Waals surface area contributed by atoms with E-state index in [9.17, 15) is 0 Å². The molecule has 8 heteroatoms. The number of rotatable bonds is 5. The fourth-order valence-corrected chi connectivity index (χ4v) is 4.91. The third-order valence-electron chi connectivity index (χ3n) is 6.85. The first-order chi connectivity index (χ1) is 16.8. The Hall–Kier alpha value is -3.36. The van der Waals surface area contributed by atoms with Crippen LogP contribution in [0.25, 0.3) is 22.0 Å². The fraction of sp³-hybridized carbons (Fsp3) is 0.385. The van der Waals surface area contributed by atoms with Crippen LogP contribution in [0.2, 0.25) is 0 Å². The van der Waals surface area contributed by atoms with E-state index in [1.807, 2.05) is 18.5 Å². The largest absolute Gasteiger partial charge is 0.381 e. The number of fused-ring (bicyclic) bond motifs is 1. The van der Waals surface area contributed by atoms with Gasteiger partial charge in [0.2, 0.25) is 5.89 Å². The van der Waals surface area contributed by atoms with Crippen LogP contribution in [0.4, 0.5) is 5.69 Å². The van der Waals surface area contributed by atoms with Gasteiger partial charge in [-0.1, -0.05) is 23.4 Å². The van der Waals surface area contributed by atoms with Gasteiger partial charge in [0.25, 0.3) is 0 Å². The minimum Gasteiger partial charge on any atom is -0.381 e. The Balaban J connectivity index is 1.12. The average molecular weight is 457 g/mol. The molecule has 0 N–H and O–H groups in total. The van der Waals surface area contributed by atoms with Gasteiger partial charge in [-0.3, -0.25) is 14.9 Å². The molecule has 2 aliphatic heterocycles. The van der Waals surface area contributed by atoms with Gasteiger partial charge in [0.15, 0.2) is 5.82 Å². The van der Waals surface area contributed by atoms with E-state index in [0.717, 1.165) is 87.1 Å². The van der Waals surface area contributed by atoms with Crippen LogP contribution in [0, 0.1) is 0 Å². The van der Waals surface area contributed by atoms with Crippen LogP contribution in [0.15, 0.2) is 59.5 Å². The molecule has 6 rings (SSSR count). The first-order valence-corrected chi connectivity index (χ1v) is 12.0. The van der Waals surface area contributed by atoms with Gasteiger partial charge in [0.05, 0.1) is 12.1 Å². The second kappa shape index (κ2) is 9.48. The summed E-state index contributed by atoms with van der Waals surface area (Å²) in [6, 6.07) is 12.7. The summed E-state index contributed by atoms with van der Waals surface area (Å²) in [6.07, 6.45) is 7.52. The number of nitrogens with zero attached hydrogens (tertiary/aromatic N) is 6. The van der Waals surface area contributed by atoms with E-state index in [2.05, 4.69) is 60.2 Å². The first-order valence-electron chi connectivity index (χ1n) is 12.0. The smallest absolute Gasteiger partial charge is 0.229 e. The minimum atomic E-state index is 0.338. The lowest BCUT2D eigenvalue weighted by molar-refractivity contribution is 0.0778. The zero-order chi connectivity index (χ0) is 22.7. The molecule has 2 fully saturated rings. The third kappa shape index (κ3) is 4.38. The maximum Gasteiger partial charge on any atom is 0.229 e. The van der Waals surface area contributed by atoms with Crippen molar-refractivity contribution in [1.82, 2.24) is 25.0 Å². The summed E-state index contributed by atoms with van der Waals surface area (Å²) in [6.45, 7) is 6.10. The molecule has 0 radical (unpaired) electrons. The Morgan fingerprint density at radius 3 is 2.65 bits per heavy atom. The molecule has 5 heterocycles. The van der Waals surface area contributed by atoms with Crippen LogP contribution in [0.1, 0.15) is 30.5 Å². The highest BCUT2D eigenvalue weighted by molar-refractivity contribution is 5.94. The predicted molar refractivity (Wildman–Crippen MR) is 130 cm³/mol. The summed E-state index contributed by atoms with van der Waals surface area (Å²) in [5.41, 5.74) is 4.49. The summed E-state index contributed by atoms with van der Waals surface area (Å²) < 4.78 is 11.0. The molecule has 0 amide bonds. The normalized spacial score (nSPS) is 17.9. The lowest BCUT2D eigenvalue weighted by Gasteiger charge is -2.36. The number of hydrogen-bond donors (Lipinski definition) is 0. The maximum atomic E-state index is 5.56. The standard InChI is InChI=1S/C26H28N6O2/c1-2-21(17-27-8-1)20-3-4-22-23(16-20)28-9-5-24(22)32-12-10-31(11-13-32)18-25-29-26(34-30-25)19-6-14-33-15-7-19/h1-5,8-9,16-17,19H,6-7,10-15,18H2. The van der Waals surface area contributed by atoms with Gasteiger partial charge in [-0.25, -0.2) is 0 Å². The number of aromatic nitrogens is 4. The number of ether oxygens (including phenoxy) is 1. The minimum absolute atomic E-state index is 0.338. The number of anilines is 1. The van der Waals surface area contributed by atoms with Crippen LogP contribution in [0.3, 0.4) is 0 Å². The molecule has 0 spiro atoms. The van der Waals surface area contributed by atoms with Gasteiger partial charge in [0, 0.05) is 80.5 Å². The van der Waals surface area contributed by atoms with Crippen molar-refractivity contribution in [3.05, 3.63) is 66.7 Å². The topological polar surface area (TPSA) is 80.4 Å². The number of piperazine rings is 1. The van der Waals surface area contributed by atoms with Crippen molar-refractivity contribution in [3.63, 3.8) is 0 Å². The van der Waals surface area contributed by atoms with E-state index in [1.165, 1.54) is 11.1 Å². The van der Waals surface area contributed by atoms with Crippen molar-refractivity contribution >= 4 is 16.6 Å². The molecule has 0 saturated carbocycles. The molecule has 4 aromatic rings. The molecule has 2 aliphatic rings. The maximum absolute atomic E-state index is 5.56. The monoisotopic (exact) mass is 456 g/mol. The van der Waals surface area contributed by atoms with Gasteiger partial charge < -0.3 is 14.2 Å². The molecule has 0 aliphatic carbocycles. The van der Waals surface area contributed by atoms with E-state index >= 15 is 0 Å². The van der Waals surface area contributed by atoms with Gasteiger partial charge in [-0.05, 0) is 36.6 Å². The number of pyridine rings is 2. The SMILES string of the molecule is c1cncc(-c2ccc3c(N4CCN(Cc5noc(C6CCOCC6)n5)CC4)ccnc3c2)c1. The lowest BCUT2D eigenvalue weighted by atomic mass is 10.0. The van der Waals surface area contributed by atoms with Crippen molar-refractivity contribution in [3.8, 4) is 11.1 Å². The van der Waals surface area contributed by atoms with Crippen molar-refractivity contribution in [2.45, 2.75) is 25.3 Å². The second-order valence-electron chi connectivity index (χ2n) is 9.00. The van der Waals surface area contributed by atoms with Crippen LogP contribution in [-0.4, -0.2) is 64.4 Å². The molecular weight excluding hydrogens is 428 g/mol. The van der Waals surface area contributed by atoms with Crippen LogP contribution < -0.4 is 4.90 Å². The number of benzene rings is 1. The summed E-state index contributed by atoms with van der Waals surface area (Å²) in [5.74, 6) is 1.89. The van der Waals surface area contributed by atoms with E-state index in [1.54, 1.807) is 6.20 Å². The van der Waals surface area contributed by atoms with E-state index in [0.29, 0.717) is 5.92 Å². The molecule has 0 unspecified atom stereocenters. The highest BCUT2D eigenvalue weighted by Gasteiger charge is 2.24. The van der Waals surface area contributed by atoms with Crippen LogP contribution in [0.5, 0.6) is 0 Å². The Morgan fingerprint density at radius 2 is 1.82 bits per heavy atom. The first kappa shape index (κ1) is 21.2. The molecule has 2 saturated heterocycles. The lowest BCUT2D eigenvalue weighted by Crippen LogP contribution is -2.46. The second-order valence-corrected chi connectivity index (χ2v) is 9.00. The van der Waals surface area contributed by atoms with Crippen molar-refractivity contribution < 1.29 is 9.26 Å². The fourth-order valence-electron chi connectivity index (χ4n) is 4.91. The molecule has 174 valence electrons. The summed E-state index contributed by atoms with van der Waals surface area (Å²) >= 11 is 0. The van der Waals surface area contributed by atoms with Gasteiger partial charge in [-0.2, -0.15) is 4.98 Å². The van der Waals surface area contributed by atoms with E-state index < -0.39 is 0 Å². The zero-order valence-electron chi connectivity index (χ0n) is 19.1. The average Bonchev–Trinajstić information content (AvgIpc) is 3.38. The molecular formula is C26H28N6O2. The molecule has 0 bridgehead atoms. The van der Waals surface area contributed by atoms with Crippen LogP contribution in [-0.2, 0) is 11.3 Å². The van der Waals surface area contributed by atoms with Gasteiger partial charge in [0.1, 0.15) is 0 Å². The van der Waals surface area contributed by atoms with E-state index in [-0.39, 0.29) is 0 Å². The molecule has 1 aromatic carbocycles. The predicted octanol–water partition coefficient (Wildman–Crippen LogP) is 3.90. The Bertz CT molecular complexity index is 1250. The van der Waals surface area contributed by atoms with Gasteiger partial charge >= 0.3 is 0 Å². The summed E-state index contributed by atoms with van der Waals surface area (Å²) in [7, 11) is 0. The Kier molecular flexibility index (Phi) is 5.91. The summed E-state index contributed by atoms with van der Waals surface area (Å²) in [4.78, 5) is 18.4. The quantitative estimate of drug-likeness (QED) is 0.447. The molecule has 0 atom stereocenters. The molecule has 8 nitrogen and oxygen atoms in total. The zero-order valence-corrected chi connectivity index (χ0v) is 19.1. The Morgan fingerprint density at radius 1 is 0.941 bits per heavy atom. The van der Waals surface area contributed by atoms with E-state index in [4.69, 9.17) is 9.26 Å². The van der Waals surface area contributed by atoms with Crippen molar-refractivity contribution in [2.24, 2.45) is 0 Å². The van der Waals surface area contributed by atoms with Crippen molar-refractivity contribution in [1.29, 1.82) is 0 Å².